The molecule has 0 saturated heterocycles. The molecule has 0 unspecified atom stereocenters. The lowest BCUT2D eigenvalue weighted by molar-refractivity contribution is -0.133. The van der Waals surface area contributed by atoms with Crippen molar-refractivity contribution in [3.05, 3.63) is 29.6 Å². The smallest absolute Gasteiger partial charge is 0.239 e. The van der Waals surface area contributed by atoms with E-state index in [-0.39, 0.29) is 11.9 Å². The summed E-state index contributed by atoms with van der Waals surface area (Å²) >= 11 is 1.72. The van der Waals surface area contributed by atoms with Crippen LogP contribution in [-0.4, -0.2) is 40.4 Å². The number of aromatic nitrogens is 1. The molecule has 1 aromatic rings. The molecule has 0 aromatic carbocycles. The number of pyridine rings is 1. The molecule has 0 saturated carbocycles. The van der Waals surface area contributed by atoms with Crippen molar-refractivity contribution < 1.29 is 4.79 Å². The summed E-state index contributed by atoms with van der Waals surface area (Å²) in [5.74, 6) is 0.998. The third kappa shape index (κ3) is 3.03. The second kappa shape index (κ2) is 6.20. The summed E-state index contributed by atoms with van der Waals surface area (Å²) in [5, 5.41) is 0. The van der Waals surface area contributed by atoms with Crippen LogP contribution in [0.2, 0.25) is 0 Å². The predicted octanol–water partition coefficient (Wildman–Crippen LogP) is 1.05. The summed E-state index contributed by atoms with van der Waals surface area (Å²) in [7, 11) is 0. The van der Waals surface area contributed by atoms with Crippen molar-refractivity contribution in [2.75, 3.05) is 18.6 Å². The molecule has 2 N–H and O–H groups in total. The van der Waals surface area contributed by atoms with Gasteiger partial charge in [0, 0.05) is 31.4 Å². The zero-order chi connectivity index (χ0) is 13.0. The summed E-state index contributed by atoms with van der Waals surface area (Å²) in [6, 6.07) is 3.59. The number of rotatable bonds is 4. The SMILES string of the molecule is CSCC[C@@H](N)C(=O)N1CCc2ncccc2C1. The Morgan fingerprint density at radius 3 is 3.28 bits per heavy atom. The highest BCUT2D eigenvalue weighted by atomic mass is 32.2. The van der Waals surface area contributed by atoms with Gasteiger partial charge in [-0.2, -0.15) is 11.8 Å². The van der Waals surface area contributed by atoms with Crippen molar-refractivity contribution in [3.8, 4) is 0 Å². The molecule has 1 aliphatic heterocycles. The van der Waals surface area contributed by atoms with Gasteiger partial charge in [0.2, 0.25) is 5.91 Å². The molecule has 5 heteroatoms. The molecule has 4 nitrogen and oxygen atoms in total. The molecular weight excluding hydrogens is 246 g/mol. The Hall–Kier alpha value is -1.07. The first-order valence-corrected chi connectivity index (χ1v) is 7.58. The van der Waals surface area contributed by atoms with Crippen LogP contribution in [0, 0.1) is 0 Å². The number of nitrogens with two attached hydrogens (primary N) is 1. The van der Waals surface area contributed by atoms with E-state index in [1.807, 2.05) is 23.3 Å². The first kappa shape index (κ1) is 13.4. The largest absolute Gasteiger partial charge is 0.337 e. The maximum absolute atomic E-state index is 12.2. The Labute approximate surface area is 112 Å². The molecule has 0 bridgehead atoms. The molecule has 18 heavy (non-hydrogen) atoms. The van der Waals surface area contributed by atoms with Gasteiger partial charge in [-0.05, 0) is 30.1 Å². The van der Waals surface area contributed by atoms with E-state index in [2.05, 4.69) is 4.98 Å². The van der Waals surface area contributed by atoms with Gasteiger partial charge in [-0.15, -0.1) is 0 Å². The molecule has 1 aliphatic rings. The molecule has 98 valence electrons. The fourth-order valence-electron chi connectivity index (χ4n) is 2.16. The summed E-state index contributed by atoms with van der Waals surface area (Å²) in [6.07, 6.45) is 5.41. The lowest BCUT2D eigenvalue weighted by Gasteiger charge is -2.30. The zero-order valence-electron chi connectivity index (χ0n) is 10.6. The van der Waals surface area contributed by atoms with Gasteiger partial charge in [-0.1, -0.05) is 6.07 Å². The lowest BCUT2D eigenvalue weighted by Crippen LogP contribution is -2.46. The molecule has 1 atom stereocenters. The molecule has 0 fully saturated rings. The second-order valence-electron chi connectivity index (χ2n) is 4.51. The summed E-state index contributed by atoms with van der Waals surface area (Å²) in [5.41, 5.74) is 8.19. The first-order valence-electron chi connectivity index (χ1n) is 6.18. The quantitative estimate of drug-likeness (QED) is 0.884. The highest BCUT2D eigenvalue weighted by Gasteiger charge is 2.24. The van der Waals surface area contributed by atoms with E-state index in [4.69, 9.17) is 5.73 Å². The molecule has 0 spiro atoms. The minimum atomic E-state index is -0.365. The molecular formula is C13H19N3OS. The Balaban J connectivity index is 1.98. The second-order valence-corrected chi connectivity index (χ2v) is 5.49. The van der Waals surface area contributed by atoms with Gasteiger partial charge in [0.1, 0.15) is 0 Å². The number of amides is 1. The van der Waals surface area contributed by atoms with Crippen LogP contribution in [0.15, 0.2) is 18.3 Å². The summed E-state index contributed by atoms with van der Waals surface area (Å²) in [4.78, 5) is 18.4. The number of carbonyl (C=O) groups is 1. The Morgan fingerprint density at radius 2 is 2.50 bits per heavy atom. The number of hydrogen-bond acceptors (Lipinski definition) is 4. The molecule has 2 heterocycles. The number of hydrogen-bond donors (Lipinski definition) is 1. The monoisotopic (exact) mass is 265 g/mol. The number of thioether (sulfide) groups is 1. The summed E-state index contributed by atoms with van der Waals surface area (Å²) < 4.78 is 0. The van der Waals surface area contributed by atoms with E-state index in [0.717, 1.165) is 36.4 Å². The fraction of sp³-hybridized carbons (Fsp3) is 0.538. The van der Waals surface area contributed by atoms with Crippen LogP contribution in [-0.2, 0) is 17.8 Å². The average molecular weight is 265 g/mol. The highest BCUT2D eigenvalue weighted by Crippen LogP contribution is 2.17. The minimum Gasteiger partial charge on any atom is -0.337 e. The van der Waals surface area contributed by atoms with E-state index < -0.39 is 0 Å². The maximum atomic E-state index is 12.2. The van der Waals surface area contributed by atoms with E-state index in [1.54, 1.807) is 18.0 Å². The fourth-order valence-corrected chi connectivity index (χ4v) is 2.65. The Morgan fingerprint density at radius 1 is 1.67 bits per heavy atom. The van der Waals surface area contributed by atoms with Crippen LogP contribution >= 0.6 is 11.8 Å². The number of carbonyl (C=O) groups excluding carboxylic acids is 1. The standard InChI is InChI=1S/C13H19N3OS/c1-18-8-5-11(14)13(17)16-7-4-12-10(9-16)3-2-6-15-12/h2-3,6,11H,4-5,7-9,14H2,1H3/t11-/m1/s1. The Kier molecular flexibility index (Phi) is 4.60. The van der Waals surface area contributed by atoms with Crippen molar-refractivity contribution in [2.24, 2.45) is 5.73 Å². The lowest BCUT2D eigenvalue weighted by atomic mass is 10.0. The van der Waals surface area contributed by atoms with Gasteiger partial charge < -0.3 is 10.6 Å². The van der Waals surface area contributed by atoms with Crippen molar-refractivity contribution >= 4 is 17.7 Å². The normalized spacial score (nSPS) is 16.2. The van der Waals surface area contributed by atoms with Gasteiger partial charge in [0.05, 0.1) is 6.04 Å². The van der Waals surface area contributed by atoms with Gasteiger partial charge in [0.25, 0.3) is 0 Å². The van der Waals surface area contributed by atoms with Gasteiger partial charge in [0.15, 0.2) is 0 Å². The van der Waals surface area contributed by atoms with Crippen molar-refractivity contribution in [1.29, 1.82) is 0 Å². The van der Waals surface area contributed by atoms with E-state index in [0.29, 0.717) is 6.54 Å². The van der Waals surface area contributed by atoms with Crippen LogP contribution in [0.4, 0.5) is 0 Å². The van der Waals surface area contributed by atoms with Gasteiger partial charge in [-0.3, -0.25) is 9.78 Å². The molecule has 2 rings (SSSR count). The molecule has 0 aliphatic carbocycles. The predicted molar refractivity (Wildman–Crippen MR) is 74.3 cm³/mol. The molecule has 0 radical (unpaired) electrons. The van der Waals surface area contributed by atoms with Crippen LogP contribution in [0.5, 0.6) is 0 Å². The van der Waals surface area contributed by atoms with Gasteiger partial charge in [-0.25, -0.2) is 0 Å². The van der Waals surface area contributed by atoms with Crippen LogP contribution in [0.3, 0.4) is 0 Å². The van der Waals surface area contributed by atoms with Crippen molar-refractivity contribution in [3.63, 3.8) is 0 Å². The zero-order valence-corrected chi connectivity index (χ0v) is 11.4. The average Bonchev–Trinajstić information content (AvgIpc) is 2.43. The van der Waals surface area contributed by atoms with Crippen molar-refractivity contribution in [1.82, 2.24) is 9.88 Å². The topological polar surface area (TPSA) is 59.2 Å². The Bertz CT molecular complexity index is 424. The first-order chi connectivity index (χ1) is 8.72. The summed E-state index contributed by atoms with van der Waals surface area (Å²) in [6.45, 7) is 1.38. The van der Waals surface area contributed by atoms with Crippen molar-refractivity contribution in [2.45, 2.75) is 25.4 Å². The van der Waals surface area contributed by atoms with Crippen LogP contribution in [0.25, 0.3) is 0 Å². The molecule has 1 amide bonds. The third-order valence-corrected chi connectivity index (χ3v) is 3.87. The van der Waals surface area contributed by atoms with Crippen LogP contribution < -0.4 is 5.73 Å². The highest BCUT2D eigenvalue weighted by molar-refractivity contribution is 7.98. The van der Waals surface area contributed by atoms with E-state index in [9.17, 15) is 4.79 Å². The van der Waals surface area contributed by atoms with Gasteiger partial charge >= 0.3 is 0 Å². The third-order valence-electron chi connectivity index (χ3n) is 3.23. The molecule has 1 aromatic heterocycles. The number of fused-ring (bicyclic) bond motifs is 1. The maximum Gasteiger partial charge on any atom is 0.239 e. The van der Waals surface area contributed by atoms with E-state index in [1.165, 1.54) is 0 Å². The number of nitrogens with zero attached hydrogens (tertiary/aromatic N) is 2. The minimum absolute atomic E-state index is 0.0681. The van der Waals surface area contributed by atoms with Crippen LogP contribution in [0.1, 0.15) is 17.7 Å². The van der Waals surface area contributed by atoms with E-state index >= 15 is 0 Å².